The molecule has 0 unspecified atom stereocenters. The number of hydrogen-bond acceptors (Lipinski definition) is 4. The van der Waals surface area contributed by atoms with E-state index in [9.17, 15) is 19.5 Å². The zero-order valence-corrected chi connectivity index (χ0v) is 19.3. The van der Waals surface area contributed by atoms with E-state index >= 15 is 0 Å². The van der Waals surface area contributed by atoms with E-state index in [0.717, 1.165) is 30.4 Å². The van der Waals surface area contributed by atoms with Gasteiger partial charge in [-0.25, -0.2) is 9.59 Å². The van der Waals surface area contributed by atoms with Gasteiger partial charge in [0.15, 0.2) is 0 Å². The summed E-state index contributed by atoms with van der Waals surface area (Å²) in [6, 6.07) is 16.4. The Labute approximate surface area is 199 Å². The summed E-state index contributed by atoms with van der Waals surface area (Å²) in [7, 11) is 1.60. The van der Waals surface area contributed by atoms with Crippen LogP contribution in [0.4, 0.5) is 4.79 Å². The summed E-state index contributed by atoms with van der Waals surface area (Å²) in [6.45, 7) is 0.595. The van der Waals surface area contributed by atoms with Crippen molar-refractivity contribution in [1.82, 2.24) is 10.2 Å². The van der Waals surface area contributed by atoms with Crippen LogP contribution in [0.5, 0.6) is 0 Å². The van der Waals surface area contributed by atoms with Gasteiger partial charge in [0.2, 0.25) is 5.91 Å². The van der Waals surface area contributed by atoms with Gasteiger partial charge in [-0.1, -0.05) is 55.0 Å². The molecule has 2 aromatic carbocycles. The molecule has 5 rings (SSSR count). The van der Waals surface area contributed by atoms with Crippen LogP contribution in [0, 0.1) is 11.8 Å². The highest BCUT2D eigenvalue weighted by Crippen LogP contribution is 2.45. The van der Waals surface area contributed by atoms with Gasteiger partial charge in [0.25, 0.3) is 0 Å². The minimum atomic E-state index is -1.04. The molecular weight excluding hydrogens is 432 g/mol. The maximum atomic E-state index is 13.0. The molecule has 0 saturated heterocycles. The number of likely N-dealkylation sites (N-methyl/N-ethyl adjacent to an activating group) is 1. The van der Waals surface area contributed by atoms with Crippen molar-refractivity contribution in [3.05, 3.63) is 59.7 Å². The number of alkyl carbamates (subject to hydrolysis) is 1. The van der Waals surface area contributed by atoms with Crippen LogP contribution < -0.4 is 5.32 Å². The Bertz CT molecular complexity index is 1080. The Balaban J connectivity index is 1.17. The summed E-state index contributed by atoms with van der Waals surface area (Å²) in [4.78, 5) is 38.6. The highest BCUT2D eigenvalue weighted by molar-refractivity contribution is 5.90. The highest BCUT2D eigenvalue weighted by atomic mass is 16.5. The number of carboxylic acids is 1. The Kier molecular flexibility index (Phi) is 5.80. The summed E-state index contributed by atoms with van der Waals surface area (Å²) in [5.74, 6) is -1.35. The van der Waals surface area contributed by atoms with Crippen LogP contribution in [0.15, 0.2) is 48.5 Å². The smallest absolute Gasteiger partial charge is 0.407 e. The van der Waals surface area contributed by atoms with Crippen molar-refractivity contribution in [3.8, 4) is 11.1 Å². The third kappa shape index (κ3) is 3.83. The van der Waals surface area contributed by atoms with Gasteiger partial charge < -0.3 is 20.1 Å². The minimum Gasteiger partial charge on any atom is -0.479 e. The van der Waals surface area contributed by atoms with Crippen molar-refractivity contribution in [1.29, 1.82) is 0 Å². The second-order valence-corrected chi connectivity index (χ2v) is 9.74. The third-order valence-electron chi connectivity index (χ3n) is 7.92. The van der Waals surface area contributed by atoms with Crippen molar-refractivity contribution >= 4 is 18.0 Å². The molecular formula is C27H30N2O5. The van der Waals surface area contributed by atoms with E-state index in [0.29, 0.717) is 19.4 Å². The number of fused-ring (bicyclic) bond motifs is 3. The SMILES string of the molecule is CN(C(=O)[C@H]1CCC[C@H]1CNC(=O)OCC1c2ccccc2-c2ccccc21)C1(C(=O)O)CC1. The second kappa shape index (κ2) is 8.78. The van der Waals surface area contributed by atoms with Crippen LogP contribution in [0.3, 0.4) is 0 Å². The molecule has 0 spiro atoms. The van der Waals surface area contributed by atoms with Crippen molar-refractivity contribution < 1.29 is 24.2 Å². The number of benzene rings is 2. The number of aliphatic carboxylic acids is 1. The first-order chi connectivity index (χ1) is 16.4. The average molecular weight is 463 g/mol. The first kappa shape index (κ1) is 22.4. The fraction of sp³-hybridized carbons (Fsp3) is 0.444. The second-order valence-electron chi connectivity index (χ2n) is 9.74. The Morgan fingerprint density at radius 2 is 1.65 bits per heavy atom. The van der Waals surface area contributed by atoms with E-state index in [2.05, 4.69) is 29.6 Å². The lowest BCUT2D eigenvalue weighted by Gasteiger charge is -2.29. The van der Waals surface area contributed by atoms with Crippen LogP contribution in [0.25, 0.3) is 11.1 Å². The van der Waals surface area contributed by atoms with E-state index in [4.69, 9.17) is 4.74 Å². The lowest BCUT2D eigenvalue weighted by atomic mass is 9.94. The van der Waals surface area contributed by atoms with Gasteiger partial charge in [-0.3, -0.25) is 4.79 Å². The van der Waals surface area contributed by atoms with E-state index in [-0.39, 0.29) is 30.3 Å². The number of carboxylic acid groups (broad SMARTS) is 1. The van der Waals surface area contributed by atoms with Crippen LogP contribution in [0.1, 0.15) is 49.1 Å². The van der Waals surface area contributed by atoms with E-state index in [1.165, 1.54) is 16.0 Å². The average Bonchev–Trinajstić information content (AvgIpc) is 3.43. The zero-order chi connectivity index (χ0) is 23.9. The Morgan fingerprint density at radius 3 is 2.24 bits per heavy atom. The van der Waals surface area contributed by atoms with Crippen LogP contribution >= 0.6 is 0 Å². The first-order valence-corrected chi connectivity index (χ1v) is 12.0. The number of rotatable bonds is 7. The molecule has 0 bridgehead atoms. The highest BCUT2D eigenvalue weighted by Gasteiger charge is 2.56. The molecule has 2 saturated carbocycles. The molecule has 3 aliphatic carbocycles. The topological polar surface area (TPSA) is 95.9 Å². The van der Waals surface area contributed by atoms with Gasteiger partial charge in [0, 0.05) is 25.4 Å². The van der Waals surface area contributed by atoms with Gasteiger partial charge in [0.05, 0.1) is 0 Å². The number of carbonyl (C=O) groups is 3. The molecule has 2 N–H and O–H groups in total. The summed E-state index contributed by atoms with van der Waals surface area (Å²) >= 11 is 0. The van der Waals surface area contributed by atoms with Crippen LogP contribution in [0.2, 0.25) is 0 Å². The predicted octanol–water partition coefficient (Wildman–Crippen LogP) is 4.02. The quantitative estimate of drug-likeness (QED) is 0.648. The largest absolute Gasteiger partial charge is 0.479 e. The summed E-state index contributed by atoms with van der Waals surface area (Å²) in [5, 5.41) is 12.4. The van der Waals surface area contributed by atoms with Crippen LogP contribution in [-0.2, 0) is 14.3 Å². The maximum absolute atomic E-state index is 13.0. The van der Waals surface area contributed by atoms with Crippen molar-refractivity contribution in [3.63, 3.8) is 0 Å². The normalized spacial score (nSPS) is 21.9. The van der Waals surface area contributed by atoms with E-state index in [1.807, 2.05) is 24.3 Å². The molecule has 7 nitrogen and oxygen atoms in total. The first-order valence-electron chi connectivity index (χ1n) is 12.0. The number of hydrogen-bond donors (Lipinski definition) is 2. The lowest BCUT2D eigenvalue weighted by molar-refractivity contribution is -0.153. The molecule has 2 fully saturated rings. The van der Waals surface area contributed by atoms with E-state index < -0.39 is 17.6 Å². The van der Waals surface area contributed by atoms with Gasteiger partial charge in [-0.05, 0) is 53.9 Å². The van der Waals surface area contributed by atoms with Gasteiger partial charge in [-0.2, -0.15) is 0 Å². The van der Waals surface area contributed by atoms with Crippen molar-refractivity contribution in [2.24, 2.45) is 11.8 Å². The monoisotopic (exact) mass is 462 g/mol. The molecule has 2 aromatic rings. The van der Waals surface area contributed by atoms with Gasteiger partial charge in [-0.15, -0.1) is 0 Å². The molecule has 0 radical (unpaired) electrons. The van der Waals surface area contributed by atoms with Gasteiger partial charge in [0.1, 0.15) is 12.1 Å². The molecule has 178 valence electrons. The van der Waals surface area contributed by atoms with Crippen molar-refractivity contribution in [2.75, 3.05) is 20.2 Å². The summed E-state index contributed by atoms with van der Waals surface area (Å²) < 4.78 is 5.62. The summed E-state index contributed by atoms with van der Waals surface area (Å²) in [6.07, 6.45) is 2.95. The fourth-order valence-electron chi connectivity index (χ4n) is 5.74. The molecule has 34 heavy (non-hydrogen) atoms. The molecule has 2 atom stereocenters. The molecule has 0 heterocycles. The van der Waals surface area contributed by atoms with Crippen molar-refractivity contribution in [2.45, 2.75) is 43.6 Å². The minimum absolute atomic E-state index is 0.00152. The number of nitrogens with one attached hydrogen (secondary N) is 1. The summed E-state index contributed by atoms with van der Waals surface area (Å²) in [5.41, 5.74) is 3.64. The maximum Gasteiger partial charge on any atom is 0.407 e. The van der Waals surface area contributed by atoms with Gasteiger partial charge >= 0.3 is 12.1 Å². The molecule has 3 aliphatic rings. The third-order valence-corrected chi connectivity index (χ3v) is 7.92. The number of nitrogens with zero attached hydrogens (tertiary/aromatic N) is 1. The fourth-order valence-corrected chi connectivity index (χ4v) is 5.74. The van der Waals surface area contributed by atoms with E-state index in [1.54, 1.807) is 7.05 Å². The number of amides is 2. The molecule has 0 aromatic heterocycles. The zero-order valence-electron chi connectivity index (χ0n) is 19.3. The predicted molar refractivity (Wildman–Crippen MR) is 126 cm³/mol. The molecule has 2 amide bonds. The molecule has 7 heteroatoms. The number of ether oxygens (including phenoxy) is 1. The Hall–Kier alpha value is -3.35. The van der Waals surface area contributed by atoms with Crippen LogP contribution in [-0.4, -0.2) is 53.7 Å². The lowest BCUT2D eigenvalue weighted by Crippen LogP contribution is -2.48. The number of carbonyl (C=O) groups excluding carboxylic acids is 2. The molecule has 0 aliphatic heterocycles. The Morgan fingerprint density at radius 1 is 1.03 bits per heavy atom. The standard InChI is InChI=1S/C27H30N2O5/c1-29(27(13-14-27)25(31)32)24(30)18-12-6-7-17(18)15-28-26(33)34-16-23-21-10-4-2-8-19(21)20-9-3-5-11-22(20)23/h2-5,8-11,17-18,23H,6-7,12-16H2,1H3,(H,28,33)(H,31,32)/t17-,18-/m0/s1.